The van der Waals surface area contributed by atoms with Crippen molar-refractivity contribution in [2.75, 3.05) is 5.75 Å². The molecule has 57 valence electrons. The largest absolute Gasteiger partial charge is 0.125 e. The van der Waals surface area contributed by atoms with Gasteiger partial charge in [-0.3, -0.25) is 0 Å². The molecule has 11 heavy (non-hydrogen) atoms. The molecule has 1 aliphatic heterocycles. The van der Waals surface area contributed by atoms with Crippen LogP contribution in [0.3, 0.4) is 0 Å². The van der Waals surface area contributed by atoms with Gasteiger partial charge in [0.25, 0.3) is 0 Å². The van der Waals surface area contributed by atoms with E-state index in [2.05, 4.69) is 30.0 Å². The maximum absolute atomic E-state index is 2.29. The zero-order valence-corrected chi connectivity index (χ0v) is 7.75. The van der Waals surface area contributed by atoms with Gasteiger partial charge in [0.05, 0.1) is 0 Å². The van der Waals surface area contributed by atoms with Crippen molar-refractivity contribution in [3.8, 4) is 0 Å². The highest BCUT2D eigenvalue weighted by Crippen LogP contribution is 2.36. The Kier molecular flexibility index (Phi) is 2.44. The van der Waals surface area contributed by atoms with Gasteiger partial charge in [0.15, 0.2) is 0 Å². The number of hydrogen-bond donors (Lipinski definition) is 0. The fourth-order valence-corrected chi connectivity index (χ4v) is 3.10. The standard InChI is InChI=1S/C9H9S2/c1-2-5-9-8(4-1)10-6-3-7-11-9/h1-2,4-6H,3,7H2. The predicted octanol–water partition coefficient (Wildman–Crippen LogP) is 3.44. The Bertz CT molecular complexity index is 220. The van der Waals surface area contributed by atoms with Gasteiger partial charge in [0.1, 0.15) is 0 Å². The SMILES string of the molecule is [CH]1CCSc2ccccc2S1. The van der Waals surface area contributed by atoms with E-state index in [9.17, 15) is 0 Å². The van der Waals surface area contributed by atoms with Crippen molar-refractivity contribution in [1.82, 2.24) is 0 Å². The summed E-state index contributed by atoms with van der Waals surface area (Å²) < 4.78 is 0. The normalized spacial score (nSPS) is 17.1. The van der Waals surface area contributed by atoms with Crippen molar-refractivity contribution < 1.29 is 0 Å². The van der Waals surface area contributed by atoms with E-state index in [4.69, 9.17) is 0 Å². The van der Waals surface area contributed by atoms with Crippen LogP contribution in [0.2, 0.25) is 0 Å². The second kappa shape index (κ2) is 3.55. The third-order valence-corrected chi connectivity index (χ3v) is 3.80. The second-order valence-electron chi connectivity index (χ2n) is 2.37. The Labute approximate surface area is 75.8 Å². The number of thioether (sulfide) groups is 2. The van der Waals surface area contributed by atoms with Crippen molar-refractivity contribution in [2.24, 2.45) is 0 Å². The van der Waals surface area contributed by atoms with Crippen LogP contribution in [0.5, 0.6) is 0 Å². The molecule has 0 bridgehead atoms. The van der Waals surface area contributed by atoms with Crippen LogP contribution in [-0.2, 0) is 0 Å². The molecular formula is C9H9S2. The quantitative estimate of drug-likeness (QED) is 0.601. The van der Waals surface area contributed by atoms with Gasteiger partial charge < -0.3 is 0 Å². The summed E-state index contributed by atoms with van der Waals surface area (Å²) in [5.41, 5.74) is 0. The van der Waals surface area contributed by atoms with Gasteiger partial charge in [-0.15, -0.1) is 23.5 Å². The topological polar surface area (TPSA) is 0 Å². The van der Waals surface area contributed by atoms with E-state index in [-0.39, 0.29) is 0 Å². The molecule has 0 amide bonds. The van der Waals surface area contributed by atoms with Crippen molar-refractivity contribution in [3.63, 3.8) is 0 Å². The average Bonchev–Trinajstić information content (AvgIpc) is 2.28. The lowest BCUT2D eigenvalue weighted by atomic mass is 10.4. The molecule has 1 aliphatic rings. The molecule has 0 fully saturated rings. The molecule has 0 N–H and O–H groups in total. The van der Waals surface area contributed by atoms with Crippen molar-refractivity contribution in [2.45, 2.75) is 16.2 Å². The number of rotatable bonds is 0. The number of hydrogen-bond acceptors (Lipinski definition) is 2. The summed E-state index contributed by atoms with van der Waals surface area (Å²) in [7, 11) is 0. The van der Waals surface area contributed by atoms with Gasteiger partial charge in [-0.05, 0) is 24.3 Å². The monoisotopic (exact) mass is 181 g/mol. The summed E-state index contributed by atoms with van der Waals surface area (Å²) >= 11 is 3.82. The fraction of sp³-hybridized carbons (Fsp3) is 0.222. The molecule has 0 atom stereocenters. The van der Waals surface area contributed by atoms with Crippen molar-refractivity contribution >= 4 is 23.5 Å². The Morgan fingerprint density at radius 2 is 1.91 bits per heavy atom. The molecule has 0 aliphatic carbocycles. The molecule has 0 aromatic heterocycles. The lowest BCUT2D eigenvalue weighted by molar-refractivity contribution is 1.22. The van der Waals surface area contributed by atoms with Gasteiger partial charge in [-0.25, -0.2) is 0 Å². The van der Waals surface area contributed by atoms with E-state index in [0.717, 1.165) is 0 Å². The maximum Gasteiger partial charge on any atom is 0.0225 e. The minimum atomic E-state index is 1.21. The van der Waals surface area contributed by atoms with E-state index in [1.807, 2.05) is 23.5 Å². The van der Waals surface area contributed by atoms with E-state index in [1.54, 1.807) is 0 Å². The summed E-state index contributed by atoms with van der Waals surface area (Å²) in [5.74, 6) is 3.52. The minimum absolute atomic E-state index is 1.21. The fourth-order valence-electron chi connectivity index (χ4n) is 1.03. The third kappa shape index (κ3) is 1.74. The zero-order valence-electron chi connectivity index (χ0n) is 6.12. The molecule has 0 nitrogen and oxygen atoms in total. The molecule has 2 rings (SSSR count). The van der Waals surface area contributed by atoms with Crippen LogP contribution < -0.4 is 0 Å². The van der Waals surface area contributed by atoms with Gasteiger partial charge in [0, 0.05) is 15.5 Å². The summed E-state index contributed by atoms with van der Waals surface area (Å²) in [5, 5.41) is 0. The lowest BCUT2D eigenvalue weighted by Crippen LogP contribution is -1.74. The molecule has 0 unspecified atom stereocenters. The summed E-state index contributed by atoms with van der Waals surface area (Å²) in [4.78, 5) is 2.85. The molecule has 1 heterocycles. The van der Waals surface area contributed by atoms with Crippen LogP contribution in [0.1, 0.15) is 6.42 Å². The molecule has 0 spiro atoms. The first-order valence-electron chi connectivity index (χ1n) is 3.67. The van der Waals surface area contributed by atoms with E-state index in [1.165, 1.54) is 22.0 Å². The minimum Gasteiger partial charge on any atom is -0.125 e. The summed E-state index contributed by atoms with van der Waals surface area (Å²) in [6, 6.07) is 8.60. The third-order valence-electron chi connectivity index (χ3n) is 1.55. The molecule has 1 aromatic carbocycles. The van der Waals surface area contributed by atoms with Crippen LogP contribution in [0.25, 0.3) is 0 Å². The number of benzene rings is 1. The average molecular weight is 181 g/mol. The summed E-state index contributed by atoms with van der Waals surface area (Å²) in [6.45, 7) is 0. The van der Waals surface area contributed by atoms with Gasteiger partial charge in [-0.1, -0.05) is 12.1 Å². The summed E-state index contributed by atoms with van der Waals surface area (Å²) in [6.07, 6.45) is 1.21. The van der Waals surface area contributed by atoms with E-state index < -0.39 is 0 Å². The van der Waals surface area contributed by atoms with Crippen molar-refractivity contribution in [3.05, 3.63) is 30.0 Å². The Balaban J connectivity index is 2.33. The second-order valence-corrected chi connectivity index (χ2v) is 4.51. The zero-order chi connectivity index (χ0) is 7.52. The van der Waals surface area contributed by atoms with E-state index >= 15 is 0 Å². The van der Waals surface area contributed by atoms with Gasteiger partial charge in [-0.2, -0.15) is 0 Å². The lowest BCUT2D eigenvalue weighted by Gasteiger charge is -2.00. The number of fused-ring (bicyclic) bond motifs is 1. The Hall–Kier alpha value is -0.0800. The first-order chi connectivity index (χ1) is 5.47. The highest BCUT2D eigenvalue weighted by atomic mass is 32.2. The highest BCUT2D eigenvalue weighted by Gasteiger charge is 2.06. The Morgan fingerprint density at radius 3 is 2.82 bits per heavy atom. The van der Waals surface area contributed by atoms with Crippen molar-refractivity contribution in [1.29, 1.82) is 0 Å². The molecule has 1 radical (unpaired) electrons. The smallest absolute Gasteiger partial charge is 0.0225 e. The predicted molar refractivity (Wildman–Crippen MR) is 51.9 cm³/mol. The molecule has 1 aromatic rings. The van der Waals surface area contributed by atoms with Crippen LogP contribution in [-0.4, -0.2) is 5.75 Å². The van der Waals surface area contributed by atoms with Crippen LogP contribution >= 0.6 is 23.5 Å². The molecular weight excluding hydrogens is 172 g/mol. The first kappa shape index (κ1) is 7.56. The van der Waals surface area contributed by atoms with Gasteiger partial charge >= 0.3 is 0 Å². The van der Waals surface area contributed by atoms with Crippen LogP contribution in [0.15, 0.2) is 34.1 Å². The molecule has 0 saturated carbocycles. The first-order valence-corrected chi connectivity index (χ1v) is 5.53. The highest BCUT2D eigenvalue weighted by molar-refractivity contribution is 8.04. The molecule has 2 heteroatoms. The molecule has 0 saturated heterocycles. The van der Waals surface area contributed by atoms with Gasteiger partial charge in [0.2, 0.25) is 0 Å². The van der Waals surface area contributed by atoms with E-state index in [0.29, 0.717) is 0 Å². The van der Waals surface area contributed by atoms with Crippen LogP contribution in [0.4, 0.5) is 0 Å². The maximum atomic E-state index is 2.29. The Morgan fingerprint density at radius 1 is 1.09 bits per heavy atom. The van der Waals surface area contributed by atoms with Crippen LogP contribution in [0, 0.1) is 5.75 Å².